The van der Waals surface area contributed by atoms with Crippen LogP contribution in [0.3, 0.4) is 0 Å². The summed E-state index contributed by atoms with van der Waals surface area (Å²) in [5.41, 5.74) is 8.36. The van der Waals surface area contributed by atoms with Gasteiger partial charge in [-0.15, -0.1) is 0 Å². The Labute approximate surface area is 220 Å². The zero-order valence-corrected chi connectivity index (χ0v) is 22.1. The van der Waals surface area contributed by atoms with Gasteiger partial charge in [-0.05, 0) is 80.3 Å². The lowest BCUT2D eigenvalue weighted by Gasteiger charge is -2.50. The van der Waals surface area contributed by atoms with Gasteiger partial charge in [0.2, 0.25) is 0 Å². The van der Waals surface area contributed by atoms with Crippen molar-refractivity contribution in [2.45, 2.75) is 57.4 Å². The molecular formula is C33H33ClN2. The van der Waals surface area contributed by atoms with Crippen LogP contribution in [-0.4, -0.2) is 5.54 Å². The number of para-hydroxylation sites is 3. The van der Waals surface area contributed by atoms with E-state index < -0.39 is 0 Å². The summed E-state index contributed by atoms with van der Waals surface area (Å²) in [4.78, 5) is 4.87. The van der Waals surface area contributed by atoms with Crippen molar-refractivity contribution in [3.63, 3.8) is 0 Å². The van der Waals surface area contributed by atoms with E-state index in [1.54, 1.807) is 0 Å². The van der Waals surface area contributed by atoms with Crippen LogP contribution in [0.5, 0.6) is 0 Å². The van der Waals surface area contributed by atoms with E-state index in [4.69, 9.17) is 11.6 Å². The minimum atomic E-state index is -0.0354. The van der Waals surface area contributed by atoms with Gasteiger partial charge in [0.15, 0.2) is 0 Å². The Morgan fingerprint density at radius 3 is 1.86 bits per heavy atom. The molecule has 0 saturated heterocycles. The lowest BCUT2D eigenvalue weighted by atomic mass is 9.61. The van der Waals surface area contributed by atoms with Crippen LogP contribution in [0.25, 0.3) is 0 Å². The largest absolute Gasteiger partial charge is 0.333 e. The summed E-state index contributed by atoms with van der Waals surface area (Å²) < 4.78 is 0. The number of hydrogen-bond donors (Lipinski definition) is 0. The summed E-state index contributed by atoms with van der Waals surface area (Å²) in [6.07, 6.45) is 4.83. The summed E-state index contributed by atoms with van der Waals surface area (Å²) in [5.74, 6) is 0. The molecule has 0 amide bonds. The number of benzene rings is 4. The molecule has 3 heteroatoms. The number of nitrogens with zero attached hydrogens (tertiary/aromatic N) is 2. The summed E-state index contributed by atoms with van der Waals surface area (Å²) in [6, 6.07) is 34.3. The molecule has 6 rings (SSSR count). The average molecular weight is 493 g/mol. The number of halogens is 1. The Bertz CT molecular complexity index is 1350. The van der Waals surface area contributed by atoms with E-state index in [-0.39, 0.29) is 11.0 Å². The van der Waals surface area contributed by atoms with Gasteiger partial charge in [0.05, 0.1) is 21.9 Å². The fourth-order valence-electron chi connectivity index (χ4n) is 6.89. The van der Waals surface area contributed by atoms with Crippen molar-refractivity contribution < 1.29 is 0 Å². The van der Waals surface area contributed by atoms with Gasteiger partial charge < -0.3 is 9.80 Å². The van der Waals surface area contributed by atoms with E-state index in [9.17, 15) is 0 Å². The highest BCUT2D eigenvalue weighted by Gasteiger charge is 2.59. The molecule has 1 heterocycles. The second-order valence-corrected chi connectivity index (χ2v) is 11.1. The summed E-state index contributed by atoms with van der Waals surface area (Å²) >= 11 is 7.57. The number of aryl methyl sites for hydroxylation is 1. The predicted octanol–water partition coefficient (Wildman–Crippen LogP) is 9.86. The Morgan fingerprint density at radius 2 is 1.28 bits per heavy atom. The van der Waals surface area contributed by atoms with Crippen molar-refractivity contribution >= 4 is 40.0 Å². The molecular weight excluding hydrogens is 460 g/mol. The third kappa shape index (κ3) is 3.31. The highest BCUT2D eigenvalue weighted by Crippen LogP contribution is 2.64. The van der Waals surface area contributed by atoms with Crippen molar-refractivity contribution in [2.75, 3.05) is 9.80 Å². The molecule has 4 aromatic carbocycles. The number of hydrogen-bond acceptors (Lipinski definition) is 2. The predicted molar refractivity (Wildman–Crippen MR) is 154 cm³/mol. The maximum absolute atomic E-state index is 7.57. The normalized spacial score (nSPS) is 22.7. The van der Waals surface area contributed by atoms with E-state index in [2.05, 4.69) is 128 Å². The van der Waals surface area contributed by atoms with Crippen LogP contribution in [0.15, 0.2) is 97.1 Å². The number of fused-ring (bicyclic) bond motifs is 3. The second kappa shape index (κ2) is 8.71. The Balaban J connectivity index is 1.65. The van der Waals surface area contributed by atoms with Gasteiger partial charge in [0.25, 0.3) is 0 Å². The van der Waals surface area contributed by atoms with Crippen molar-refractivity contribution in [3.05, 3.63) is 113 Å². The van der Waals surface area contributed by atoms with Gasteiger partial charge in [-0.2, -0.15) is 0 Å². The van der Waals surface area contributed by atoms with Gasteiger partial charge in [-0.3, -0.25) is 0 Å². The lowest BCUT2D eigenvalue weighted by molar-refractivity contribution is 0.194. The van der Waals surface area contributed by atoms with Crippen LogP contribution >= 0.6 is 11.6 Å². The minimum absolute atomic E-state index is 0.0347. The third-order valence-corrected chi connectivity index (χ3v) is 9.12. The highest BCUT2D eigenvalue weighted by molar-refractivity contribution is 6.37. The van der Waals surface area contributed by atoms with Crippen molar-refractivity contribution in [1.29, 1.82) is 0 Å². The molecule has 2 aliphatic rings. The van der Waals surface area contributed by atoms with E-state index >= 15 is 0 Å². The third-order valence-electron chi connectivity index (χ3n) is 8.75. The molecule has 182 valence electrons. The van der Waals surface area contributed by atoms with Gasteiger partial charge in [-0.25, -0.2) is 0 Å². The van der Waals surface area contributed by atoms with E-state index in [1.807, 2.05) is 0 Å². The van der Waals surface area contributed by atoms with E-state index in [0.717, 1.165) is 28.5 Å². The standard InChI is InChI=1S/C33H33ClN2/c1-24-23-28(35(25-15-7-4-8-16-25)26-17-9-5-10-18-26)30(34)31-29(24)32(2)21-13-14-22-33(32,3)36(31)27-19-11-6-12-20-27/h4-12,15-20,23H,13-14,21-22H2,1-3H3. The molecule has 4 aromatic rings. The van der Waals surface area contributed by atoms with Crippen molar-refractivity contribution in [1.82, 2.24) is 0 Å². The van der Waals surface area contributed by atoms with E-state index in [0.29, 0.717) is 0 Å². The quantitative estimate of drug-likeness (QED) is 0.279. The molecule has 1 saturated carbocycles. The van der Waals surface area contributed by atoms with Crippen molar-refractivity contribution in [2.24, 2.45) is 0 Å². The molecule has 0 bridgehead atoms. The van der Waals surface area contributed by atoms with Gasteiger partial charge >= 0.3 is 0 Å². The molecule has 1 aliphatic carbocycles. The van der Waals surface area contributed by atoms with Crippen LogP contribution < -0.4 is 9.80 Å². The fourth-order valence-corrected chi connectivity index (χ4v) is 7.21. The second-order valence-electron chi connectivity index (χ2n) is 10.7. The fraction of sp³-hybridized carbons (Fsp3) is 0.273. The van der Waals surface area contributed by atoms with E-state index in [1.165, 1.54) is 41.8 Å². The molecule has 1 fully saturated rings. The first-order valence-corrected chi connectivity index (χ1v) is 13.4. The smallest absolute Gasteiger partial charge is 0.0886 e. The van der Waals surface area contributed by atoms with Crippen LogP contribution in [0.1, 0.15) is 50.7 Å². The average Bonchev–Trinajstić information content (AvgIpc) is 3.13. The maximum Gasteiger partial charge on any atom is 0.0886 e. The van der Waals surface area contributed by atoms with Gasteiger partial charge in [0.1, 0.15) is 0 Å². The Morgan fingerprint density at radius 1 is 0.750 bits per heavy atom. The first kappa shape index (κ1) is 23.2. The van der Waals surface area contributed by atoms with Crippen LogP contribution in [0.4, 0.5) is 28.4 Å². The number of anilines is 5. The molecule has 0 radical (unpaired) electrons. The maximum atomic E-state index is 7.57. The molecule has 1 aliphatic heterocycles. The number of rotatable bonds is 4. The topological polar surface area (TPSA) is 6.48 Å². The molecule has 0 N–H and O–H groups in total. The highest BCUT2D eigenvalue weighted by atomic mass is 35.5. The summed E-state index contributed by atoms with van der Waals surface area (Å²) in [5, 5.41) is 0.823. The first-order valence-electron chi connectivity index (χ1n) is 13.0. The van der Waals surface area contributed by atoms with Gasteiger partial charge in [0, 0.05) is 22.5 Å². The zero-order valence-electron chi connectivity index (χ0n) is 21.3. The first-order chi connectivity index (χ1) is 17.5. The summed E-state index contributed by atoms with van der Waals surface area (Å²) in [7, 11) is 0. The molecule has 36 heavy (non-hydrogen) atoms. The van der Waals surface area contributed by atoms with Crippen LogP contribution in [-0.2, 0) is 5.41 Å². The Kier molecular flexibility index (Phi) is 5.61. The van der Waals surface area contributed by atoms with Crippen molar-refractivity contribution in [3.8, 4) is 0 Å². The van der Waals surface area contributed by atoms with Crippen LogP contribution in [0.2, 0.25) is 5.02 Å². The lowest BCUT2D eigenvalue weighted by Crippen LogP contribution is -2.54. The van der Waals surface area contributed by atoms with Crippen LogP contribution in [0, 0.1) is 6.92 Å². The summed E-state index contributed by atoms with van der Waals surface area (Å²) in [6.45, 7) is 7.21. The molecule has 0 spiro atoms. The minimum Gasteiger partial charge on any atom is -0.333 e. The molecule has 2 atom stereocenters. The zero-order chi connectivity index (χ0) is 24.9. The molecule has 0 aromatic heterocycles. The molecule has 2 nitrogen and oxygen atoms in total. The van der Waals surface area contributed by atoms with Gasteiger partial charge in [-0.1, -0.05) is 86.0 Å². The Hall–Kier alpha value is -3.23. The monoisotopic (exact) mass is 492 g/mol. The molecule has 2 unspecified atom stereocenters. The SMILES string of the molecule is Cc1cc(N(c2ccccc2)c2ccccc2)c(Cl)c2c1C1(C)CCCCC1(C)N2c1ccccc1.